The fraction of sp³-hybridized carbons (Fsp3) is 0.562. The Bertz CT molecular complexity index is 477. The van der Waals surface area contributed by atoms with Gasteiger partial charge in [-0.25, -0.2) is 0 Å². The monoisotopic (exact) mass is 294 g/mol. The van der Waals surface area contributed by atoms with Crippen LogP contribution in [0.15, 0.2) is 24.3 Å². The van der Waals surface area contributed by atoms with Crippen molar-refractivity contribution in [2.75, 3.05) is 6.54 Å². The average Bonchev–Trinajstić information content (AvgIpc) is 2.41. The van der Waals surface area contributed by atoms with Crippen LogP contribution < -0.4 is 11.1 Å². The molecule has 1 aliphatic carbocycles. The summed E-state index contributed by atoms with van der Waals surface area (Å²) in [6.45, 7) is 2.70. The van der Waals surface area contributed by atoms with Gasteiger partial charge in [0.25, 0.3) is 0 Å². The summed E-state index contributed by atoms with van der Waals surface area (Å²) < 4.78 is 0. The molecule has 0 heterocycles. The first kappa shape index (κ1) is 15.3. The quantitative estimate of drug-likeness (QED) is 0.897. The minimum Gasteiger partial charge on any atom is -0.349 e. The van der Waals surface area contributed by atoms with E-state index in [9.17, 15) is 4.79 Å². The Morgan fingerprint density at radius 1 is 1.50 bits per heavy atom. The van der Waals surface area contributed by atoms with E-state index >= 15 is 0 Å². The van der Waals surface area contributed by atoms with Gasteiger partial charge in [-0.1, -0.05) is 43.5 Å². The van der Waals surface area contributed by atoms with Crippen LogP contribution in [0.4, 0.5) is 0 Å². The molecule has 1 fully saturated rings. The molecule has 110 valence electrons. The van der Waals surface area contributed by atoms with E-state index in [0.29, 0.717) is 23.9 Å². The van der Waals surface area contributed by atoms with Crippen LogP contribution in [-0.2, 0) is 11.2 Å². The Balaban J connectivity index is 2.02. The van der Waals surface area contributed by atoms with Crippen molar-refractivity contribution >= 4 is 17.5 Å². The van der Waals surface area contributed by atoms with Gasteiger partial charge in [0.05, 0.1) is 12.0 Å². The standard InChI is InChI=1S/C16H23ClN2O/c1-12-5-2-3-8-16(12,11-18)19-15(20)10-13-6-4-7-14(17)9-13/h4,6-7,9,12H,2-3,5,8,10-11,18H2,1H3,(H,19,20). The van der Waals surface area contributed by atoms with Crippen molar-refractivity contribution in [3.8, 4) is 0 Å². The number of carbonyl (C=O) groups is 1. The lowest BCUT2D eigenvalue weighted by Gasteiger charge is -2.42. The maximum atomic E-state index is 12.3. The smallest absolute Gasteiger partial charge is 0.224 e. The molecule has 2 unspecified atom stereocenters. The normalized spacial score (nSPS) is 26.2. The lowest BCUT2D eigenvalue weighted by molar-refractivity contribution is -0.123. The zero-order chi connectivity index (χ0) is 14.6. The largest absolute Gasteiger partial charge is 0.349 e. The van der Waals surface area contributed by atoms with Crippen LogP contribution in [0.1, 0.15) is 38.2 Å². The molecular weight excluding hydrogens is 272 g/mol. The number of halogens is 1. The SMILES string of the molecule is CC1CCCCC1(CN)NC(=O)Cc1cccc(Cl)c1. The van der Waals surface area contributed by atoms with E-state index in [0.717, 1.165) is 24.8 Å². The summed E-state index contributed by atoms with van der Waals surface area (Å²) in [5.74, 6) is 0.469. The highest BCUT2D eigenvalue weighted by Crippen LogP contribution is 2.32. The van der Waals surface area contributed by atoms with Gasteiger partial charge in [-0.2, -0.15) is 0 Å². The van der Waals surface area contributed by atoms with Crippen LogP contribution in [0.2, 0.25) is 5.02 Å². The minimum atomic E-state index is -0.228. The number of benzene rings is 1. The van der Waals surface area contributed by atoms with E-state index in [1.807, 2.05) is 24.3 Å². The van der Waals surface area contributed by atoms with E-state index in [-0.39, 0.29) is 11.4 Å². The van der Waals surface area contributed by atoms with Crippen molar-refractivity contribution < 1.29 is 4.79 Å². The lowest BCUT2D eigenvalue weighted by Crippen LogP contribution is -2.59. The molecule has 2 rings (SSSR count). The second kappa shape index (κ2) is 6.59. The van der Waals surface area contributed by atoms with Crippen LogP contribution in [0.3, 0.4) is 0 Å². The number of rotatable bonds is 4. The molecular formula is C16H23ClN2O. The Labute approximate surface area is 125 Å². The maximum Gasteiger partial charge on any atom is 0.224 e. The number of nitrogens with one attached hydrogen (secondary N) is 1. The van der Waals surface area contributed by atoms with E-state index in [4.69, 9.17) is 17.3 Å². The number of carbonyl (C=O) groups excluding carboxylic acids is 1. The number of amides is 1. The van der Waals surface area contributed by atoms with Crippen molar-refractivity contribution in [1.82, 2.24) is 5.32 Å². The number of nitrogens with two attached hydrogens (primary N) is 1. The van der Waals surface area contributed by atoms with Gasteiger partial charge in [-0.3, -0.25) is 4.79 Å². The molecule has 1 aromatic carbocycles. The molecule has 1 aromatic rings. The Morgan fingerprint density at radius 2 is 2.30 bits per heavy atom. The van der Waals surface area contributed by atoms with Gasteiger partial charge in [0.1, 0.15) is 0 Å². The first-order valence-corrected chi connectivity index (χ1v) is 7.69. The maximum absolute atomic E-state index is 12.3. The summed E-state index contributed by atoms with van der Waals surface area (Å²) in [4.78, 5) is 12.3. The Hall–Kier alpha value is -1.06. The molecule has 1 amide bonds. The second-order valence-corrected chi connectivity index (χ2v) is 6.30. The summed E-state index contributed by atoms with van der Waals surface area (Å²) in [5.41, 5.74) is 6.67. The van der Waals surface area contributed by atoms with Crippen LogP contribution in [0.25, 0.3) is 0 Å². The Morgan fingerprint density at radius 3 is 2.95 bits per heavy atom. The van der Waals surface area contributed by atoms with Crippen molar-refractivity contribution in [3.63, 3.8) is 0 Å². The third-order valence-electron chi connectivity index (χ3n) is 4.46. The van der Waals surface area contributed by atoms with Crippen LogP contribution in [0.5, 0.6) is 0 Å². The second-order valence-electron chi connectivity index (χ2n) is 5.86. The van der Waals surface area contributed by atoms with E-state index in [2.05, 4.69) is 12.2 Å². The van der Waals surface area contributed by atoms with Gasteiger partial charge >= 0.3 is 0 Å². The molecule has 20 heavy (non-hydrogen) atoms. The highest BCUT2D eigenvalue weighted by Gasteiger charge is 2.38. The first-order valence-electron chi connectivity index (χ1n) is 7.31. The summed E-state index contributed by atoms with van der Waals surface area (Å²) in [6, 6.07) is 7.44. The molecule has 1 aliphatic rings. The van der Waals surface area contributed by atoms with E-state index in [1.54, 1.807) is 0 Å². The molecule has 2 atom stereocenters. The molecule has 0 aromatic heterocycles. The predicted molar refractivity (Wildman–Crippen MR) is 82.7 cm³/mol. The molecule has 4 heteroatoms. The zero-order valence-electron chi connectivity index (χ0n) is 12.0. The number of hydrogen-bond acceptors (Lipinski definition) is 2. The summed E-state index contributed by atoms with van der Waals surface area (Å²) >= 11 is 5.95. The van der Waals surface area contributed by atoms with Gasteiger partial charge < -0.3 is 11.1 Å². The average molecular weight is 295 g/mol. The molecule has 0 saturated heterocycles. The molecule has 0 bridgehead atoms. The first-order chi connectivity index (χ1) is 9.55. The zero-order valence-corrected chi connectivity index (χ0v) is 12.7. The van der Waals surface area contributed by atoms with E-state index < -0.39 is 0 Å². The highest BCUT2D eigenvalue weighted by atomic mass is 35.5. The fourth-order valence-electron chi connectivity index (χ4n) is 3.11. The predicted octanol–water partition coefficient (Wildman–Crippen LogP) is 2.91. The van der Waals surface area contributed by atoms with Gasteiger partial charge in [0.2, 0.25) is 5.91 Å². The van der Waals surface area contributed by atoms with Gasteiger partial charge in [-0.05, 0) is 36.5 Å². The van der Waals surface area contributed by atoms with Crippen LogP contribution in [0, 0.1) is 5.92 Å². The van der Waals surface area contributed by atoms with Crippen molar-refractivity contribution in [2.24, 2.45) is 11.7 Å². The topological polar surface area (TPSA) is 55.1 Å². The van der Waals surface area contributed by atoms with E-state index in [1.165, 1.54) is 6.42 Å². The minimum absolute atomic E-state index is 0.0338. The van der Waals surface area contributed by atoms with Crippen molar-refractivity contribution in [1.29, 1.82) is 0 Å². The summed E-state index contributed by atoms with van der Waals surface area (Å²) in [5, 5.41) is 3.85. The van der Waals surface area contributed by atoms with Gasteiger partial charge in [-0.15, -0.1) is 0 Å². The molecule has 1 saturated carbocycles. The number of hydrogen-bond donors (Lipinski definition) is 2. The third kappa shape index (κ3) is 3.53. The molecule has 0 spiro atoms. The molecule has 3 N–H and O–H groups in total. The van der Waals surface area contributed by atoms with Crippen molar-refractivity contribution in [3.05, 3.63) is 34.9 Å². The van der Waals surface area contributed by atoms with Crippen molar-refractivity contribution in [2.45, 2.75) is 44.6 Å². The van der Waals surface area contributed by atoms with Gasteiger partial charge in [0.15, 0.2) is 0 Å². The third-order valence-corrected chi connectivity index (χ3v) is 4.69. The molecule has 0 aliphatic heterocycles. The summed E-state index contributed by atoms with van der Waals surface area (Å²) in [6.07, 6.45) is 4.84. The highest BCUT2D eigenvalue weighted by molar-refractivity contribution is 6.30. The van der Waals surface area contributed by atoms with Crippen LogP contribution >= 0.6 is 11.6 Å². The molecule has 3 nitrogen and oxygen atoms in total. The lowest BCUT2D eigenvalue weighted by atomic mass is 9.73. The fourth-order valence-corrected chi connectivity index (χ4v) is 3.32. The Kier molecular flexibility index (Phi) is 5.06. The summed E-state index contributed by atoms with van der Waals surface area (Å²) in [7, 11) is 0. The molecule has 0 radical (unpaired) electrons. The van der Waals surface area contributed by atoms with Crippen LogP contribution in [-0.4, -0.2) is 18.0 Å². The van der Waals surface area contributed by atoms with Gasteiger partial charge in [0, 0.05) is 11.6 Å².